The quantitative estimate of drug-likeness (QED) is 0.883. The van der Waals surface area contributed by atoms with E-state index in [0.29, 0.717) is 11.5 Å². The number of nitrogens with zero attached hydrogens (tertiary/aromatic N) is 2. The van der Waals surface area contributed by atoms with E-state index in [2.05, 4.69) is 10.3 Å². The molecule has 0 atom stereocenters. The summed E-state index contributed by atoms with van der Waals surface area (Å²) in [7, 11) is 0. The van der Waals surface area contributed by atoms with Crippen molar-refractivity contribution in [3.8, 4) is 6.07 Å². The van der Waals surface area contributed by atoms with Gasteiger partial charge >= 0.3 is 6.18 Å². The van der Waals surface area contributed by atoms with Gasteiger partial charge < -0.3 is 11.1 Å². The number of nitriles is 1. The molecule has 0 aliphatic rings. The first-order valence-electron chi connectivity index (χ1n) is 5.50. The van der Waals surface area contributed by atoms with Crippen molar-refractivity contribution in [1.82, 2.24) is 4.98 Å². The molecule has 1 aromatic carbocycles. The Bertz CT molecular complexity index is 657. The van der Waals surface area contributed by atoms with Gasteiger partial charge in [0, 0.05) is 5.69 Å². The first-order chi connectivity index (χ1) is 9.40. The number of hydrogen-bond donors (Lipinski definition) is 2. The number of rotatable bonds is 2. The van der Waals surface area contributed by atoms with E-state index in [9.17, 15) is 13.2 Å². The summed E-state index contributed by atoms with van der Waals surface area (Å²) in [5.41, 5.74) is 4.69. The number of pyridine rings is 1. The van der Waals surface area contributed by atoms with Crippen molar-refractivity contribution in [2.24, 2.45) is 0 Å². The van der Waals surface area contributed by atoms with Gasteiger partial charge in [-0.15, -0.1) is 0 Å². The van der Waals surface area contributed by atoms with Crippen LogP contribution in [0.2, 0.25) is 0 Å². The highest BCUT2D eigenvalue weighted by Crippen LogP contribution is 2.34. The Kier molecular flexibility index (Phi) is 3.48. The molecule has 3 N–H and O–H groups in total. The Morgan fingerprint density at radius 2 is 1.95 bits per heavy atom. The summed E-state index contributed by atoms with van der Waals surface area (Å²) < 4.78 is 38.4. The first kappa shape index (κ1) is 13.7. The van der Waals surface area contributed by atoms with Crippen molar-refractivity contribution in [1.29, 1.82) is 5.26 Å². The van der Waals surface area contributed by atoms with E-state index < -0.39 is 17.3 Å². The number of halogens is 3. The van der Waals surface area contributed by atoms with Gasteiger partial charge in [-0.05, 0) is 30.3 Å². The molecule has 0 aliphatic carbocycles. The zero-order chi connectivity index (χ0) is 14.8. The Balaban J connectivity index is 2.34. The van der Waals surface area contributed by atoms with Gasteiger partial charge in [0.1, 0.15) is 5.82 Å². The van der Waals surface area contributed by atoms with E-state index in [1.165, 1.54) is 18.3 Å². The van der Waals surface area contributed by atoms with Gasteiger partial charge in [-0.1, -0.05) is 0 Å². The molecule has 1 aromatic heterocycles. The molecule has 7 heteroatoms. The predicted molar refractivity (Wildman–Crippen MR) is 68.1 cm³/mol. The molecule has 102 valence electrons. The molecule has 0 aliphatic heterocycles. The molecule has 0 unspecified atom stereocenters. The van der Waals surface area contributed by atoms with E-state index in [1.807, 2.05) is 0 Å². The molecule has 0 spiro atoms. The zero-order valence-corrected chi connectivity index (χ0v) is 10.1. The second kappa shape index (κ2) is 5.09. The van der Waals surface area contributed by atoms with Gasteiger partial charge in [0.05, 0.1) is 29.1 Å². The van der Waals surface area contributed by atoms with Gasteiger partial charge in [-0.3, -0.25) is 0 Å². The number of aromatic nitrogens is 1. The van der Waals surface area contributed by atoms with Crippen molar-refractivity contribution >= 4 is 17.2 Å². The number of anilines is 3. The third-order valence-corrected chi connectivity index (χ3v) is 2.50. The minimum atomic E-state index is -4.59. The smallest absolute Gasteiger partial charge is 0.397 e. The standard InChI is InChI=1S/C13H9F3N4/c14-13(15,16)11-5-10(3-1-8(11)6-17)20-12-4-2-9(18)7-19-12/h1-5,7H,18H2,(H,19,20). The van der Waals surface area contributed by atoms with Gasteiger partial charge in [0.2, 0.25) is 0 Å². The maximum atomic E-state index is 12.8. The summed E-state index contributed by atoms with van der Waals surface area (Å²) in [4.78, 5) is 3.93. The summed E-state index contributed by atoms with van der Waals surface area (Å²) in [6.07, 6.45) is -3.20. The fourth-order valence-electron chi connectivity index (χ4n) is 1.58. The van der Waals surface area contributed by atoms with Crippen molar-refractivity contribution in [2.45, 2.75) is 6.18 Å². The lowest BCUT2D eigenvalue weighted by molar-refractivity contribution is -0.137. The highest BCUT2D eigenvalue weighted by atomic mass is 19.4. The van der Waals surface area contributed by atoms with E-state index >= 15 is 0 Å². The van der Waals surface area contributed by atoms with Crippen LogP contribution >= 0.6 is 0 Å². The van der Waals surface area contributed by atoms with Gasteiger partial charge in [0.25, 0.3) is 0 Å². The summed E-state index contributed by atoms with van der Waals surface area (Å²) in [5, 5.41) is 11.4. The van der Waals surface area contributed by atoms with Gasteiger partial charge in [-0.25, -0.2) is 4.98 Å². The number of nitrogens with one attached hydrogen (secondary N) is 1. The Morgan fingerprint density at radius 1 is 1.20 bits per heavy atom. The molecule has 0 radical (unpaired) electrons. The van der Waals surface area contributed by atoms with Crippen LogP contribution < -0.4 is 11.1 Å². The average Bonchev–Trinajstić information content (AvgIpc) is 2.40. The van der Waals surface area contributed by atoms with Crippen LogP contribution in [0.25, 0.3) is 0 Å². The lowest BCUT2D eigenvalue weighted by atomic mass is 10.1. The van der Waals surface area contributed by atoms with Crippen LogP contribution in [0.15, 0.2) is 36.5 Å². The Morgan fingerprint density at radius 3 is 2.50 bits per heavy atom. The normalized spacial score (nSPS) is 10.9. The predicted octanol–water partition coefficient (Wildman–Crippen LogP) is 3.30. The maximum absolute atomic E-state index is 12.8. The van der Waals surface area contributed by atoms with Gasteiger partial charge in [0.15, 0.2) is 0 Å². The number of benzene rings is 1. The minimum Gasteiger partial charge on any atom is -0.397 e. The molecule has 2 aromatic rings. The fraction of sp³-hybridized carbons (Fsp3) is 0.0769. The lowest BCUT2D eigenvalue weighted by Crippen LogP contribution is -2.08. The molecular formula is C13H9F3N4. The molecule has 0 amide bonds. The Hall–Kier alpha value is -2.75. The fourth-order valence-corrected chi connectivity index (χ4v) is 1.58. The van der Waals surface area contributed by atoms with Crippen LogP contribution in [0, 0.1) is 11.3 Å². The molecule has 2 rings (SSSR count). The van der Waals surface area contributed by atoms with Crippen LogP contribution in [0.3, 0.4) is 0 Å². The molecule has 0 saturated heterocycles. The van der Waals surface area contributed by atoms with E-state index in [1.54, 1.807) is 12.1 Å². The van der Waals surface area contributed by atoms with Crippen LogP contribution in [-0.2, 0) is 6.18 Å². The number of nitrogens with two attached hydrogens (primary N) is 1. The summed E-state index contributed by atoms with van der Waals surface area (Å²) >= 11 is 0. The second-order valence-corrected chi connectivity index (χ2v) is 3.97. The summed E-state index contributed by atoms with van der Waals surface area (Å²) in [5.74, 6) is 0.358. The molecule has 4 nitrogen and oxygen atoms in total. The first-order valence-corrected chi connectivity index (χ1v) is 5.50. The van der Waals surface area contributed by atoms with Gasteiger partial charge in [-0.2, -0.15) is 18.4 Å². The van der Waals surface area contributed by atoms with Crippen LogP contribution in [0.4, 0.5) is 30.4 Å². The minimum absolute atomic E-state index is 0.189. The molecular weight excluding hydrogens is 269 g/mol. The second-order valence-electron chi connectivity index (χ2n) is 3.97. The highest BCUT2D eigenvalue weighted by Gasteiger charge is 2.33. The molecule has 20 heavy (non-hydrogen) atoms. The van der Waals surface area contributed by atoms with Crippen molar-refractivity contribution in [3.05, 3.63) is 47.7 Å². The summed E-state index contributed by atoms with van der Waals surface area (Å²) in [6, 6.07) is 8.00. The number of alkyl halides is 3. The molecule has 0 bridgehead atoms. The van der Waals surface area contributed by atoms with Crippen LogP contribution in [-0.4, -0.2) is 4.98 Å². The van der Waals surface area contributed by atoms with Crippen molar-refractivity contribution in [3.63, 3.8) is 0 Å². The maximum Gasteiger partial charge on any atom is 0.417 e. The monoisotopic (exact) mass is 278 g/mol. The van der Waals surface area contributed by atoms with Crippen molar-refractivity contribution in [2.75, 3.05) is 11.1 Å². The zero-order valence-electron chi connectivity index (χ0n) is 10.1. The lowest BCUT2D eigenvalue weighted by Gasteiger charge is -2.12. The molecule has 0 saturated carbocycles. The summed E-state index contributed by atoms with van der Waals surface area (Å²) in [6.45, 7) is 0. The van der Waals surface area contributed by atoms with Crippen LogP contribution in [0.1, 0.15) is 11.1 Å². The topological polar surface area (TPSA) is 74.7 Å². The van der Waals surface area contributed by atoms with E-state index in [4.69, 9.17) is 11.0 Å². The third kappa shape index (κ3) is 2.98. The van der Waals surface area contributed by atoms with E-state index in [0.717, 1.165) is 12.1 Å². The molecule has 1 heterocycles. The largest absolute Gasteiger partial charge is 0.417 e. The number of hydrogen-bond acceptors (Lipinski definition) is 4. The number of nitrogen functional groups attached to an aromatic ring is 1. The molecule has 0 fully saturated rings. The Labute approximate surface area is 112 Å². The SMILES string of the molecule is N#Cc1ccc(Nc2ccc(N)cn2)cc1C(F)(F)F. The van der Waals surface area contributed by atoms with Crippen LogP contribution in [0.5, 0.6) is 0 Å². The third-order valence-electron chi connectivity index (χ3n) is 2.50. The average molecular weight is 278 g/mol. The van der Waals surface area contributed by atoms with E-state index in [-0.39, 0.29) is 5.69 Å². The van der Waals surface area contributed by atoms with Crippen molar-refractivity contribution < 1.29 is 13.2 Å². The highest BCUT2D eigenvalue weighted by molar-refractivity contribution is 5.60.